The van der Waals surface area contributed by atoms with Gasteiger partial charge >= 0.3 is 0 Å². The maximum Gasteiger partial charge on any atom is 0.271 e. The highest BCUT2D eigenvalue weighted by Gasteiger charge is 2.07. The fourth-order valence-corrected chi connectivity index (χ4v) is 1.54. The van der Waals surface area contributed by atoms with E-state index in [1.54, 1.807) is 24.0 Å². The lowest BCUT2D eigenvalue weighted by Gasteiger charge is -2.03. The Hall–Kier alpha value is -2.14. The molecule has 88 valence electrons. The van der Waals surface area contributed by atoms with Gasteiger partial charge in [0.1, 0.15) is 0 Å². The normalized spacial score (nSPS) is 10.2. The second-order valence-corrected chi connectivity index (χ2v) is 3.60. The van der Waals surface area contributed by atoms with Crippen molar-refractivity contribution in [1.82, 2.24) is 15.1 Å². The Balaban J connectivity index is 2.33. The van der Waals surface area contributed by atoms with Gasteiger partial charge in [-0.25, -0.2) is 4.68 Å². The van der Waals surface area contributed by atoms with Gasteiger partial charge in [0.05, 0.1) is 5.69 Å². The van der Waals surface area contributed by atoms with Crippen LogP contribution in [0.1, 0.15) is 16.1 Å². The van der Waals surface area contributed by atoms with Crippen molar-refractivity contribution in [3.8, 4) is 5.69 Å². The van der Waals surface area contributed by atoms with Crippen molar-refractivity contribution >= 4 is 5.91 Å². The Morgan fingerprint density at radius 2 is 2.29 bits per heavy atom. The van der Waals surface area contributed by atoms with E-state index >= 15 is 0 Å². The molecule has 0 spiro atoms. The Bertz CT molecular complexity index is 533. The topological polar surface area (TPSA) is 72.9 Å². The summed E-state index contributed by atoms with van der Waals surface area (Å²) < 4.78 is 1.66. The molecule has 17 heavy (non-hydrogen) atoms. The fourth-order valence-electron chi connectivity index (χ4n) is 1.54. The molecule has 0 fully saturated rings. The molecule has 3 N–H and O–H groups in total. The molecule has 2 aromatic rings. The average molecular weight is 230 g/mol. The molecule has 1 heterocycles. The van der Waals surface area contributed by atoms with E-state index < -0.39 is 0 Å². The number of nitrogens with zero attached hydrogens (tertiary/aromatic N) is 2. The minimum absolute atomic E-state index is 0.196. The highest BCUT2D eigenvalue weighted by molar-refractivity contribution is 5.91. The molecule has 0 saturated carbocycles. The Labute approximate surface area is 99.2 Å². The van der Waals surface area contributed by atoms with Crippen LogP contribution in [-0.4, -0.2) is 22.7 Å². The first-order valence-corrected chi connectivity index (χ1v) is 5.31. The summed E-state index contributed by atoms with van der Waals surface area (Å²) in [4.78, 5) is 11.4. The van der Waals surface area contributed by atoms with Gasteiger partial charge in [-0.3, -0.25) is 4.79 Å². The first-order chi connectivity index (χ1) is 8.24. The molecule has 5 nitrogen and oxygen atoms in total. The molecule has 0 aliphatic carbocycles. The number of carbonyl (C=O) groups excluding carboxylic acids is 1. The zero-order valence-corrected chi connectivity index (χ0v) is 9.55. The van der Waals surface area contributed by atoms with Crippen LogP contribution in [0, 0.1) is 0 Å². The molecule has 1 aromatic heterocycles. The molecule has 0 atom stereocenters. The maximum atomic E-state index is 11.4. The van der Waals surface area contributed by atoms with Gasteiger partial charge in [-0.1, -0.05) is 12.1 Å². The van der Waals surface area contributed by atoms with Crippen LogP contribution in [0.2, 0.25) is 0 Å². The van der Waals surface area contributed by atoms with Gasteiger partial charge < -0.3 is 11.1 Å². The second kappa shape index (κ2) is 4.80. The van der Waals surface area contributed by atoms with Gasteiger partial charge in [-0.15, -0.1) is 0 Å². The monoisotopic (exact) mass is 230 g/mol. The Kier molecular flexibility index (Phi) is 3.20. The van der Waals surface area contributed by atoms with Crippen LogP contribution < -0.4 is 11.1 Å². The van der Waals surface area contributed by atoms with Crippen LogP contribution in [0.3, 0.4) is 0 Å². The SMILES string of the molecule is CNC(=O)c1ccn(-c2cccc(CN)c2)n1. The molecule has 1 aromatic carbocycles. The second-order valence-electron chi connectivity index (χ2n) is 3.60. The van der Waals surface area contributed by atoms with Gasteiger partial charge in [0.2, 0.25) is 0 Å². The Morgan fingerprint density at radius 3 is 3.00 bits per heavy atom. The molecular formula is C12H14N4O. The summed E-state index contributed by atoms with van der Waals surface area (Å²) in [5, 5.41) is 6.72. The summed E-state index contributed by atoms with van der Waals surface area (Å²) >= 11 is 0. The number of aromatic nitrogens is 2. The lowest BCUT2D eigenvalue weighted by molar-refractivity contribution is 0.0958. The highest BCUT2D eigenvalue weighted by atomic mass is 16.1. The zero-order valence-electron chi connectivity index (χ0n) is 9.55. The van der Waals surface area contributed by atoms with Crippen molar-refractivity contribution < 1.29 is 4.79 Å². The number of hydrogen-bond donors (Lipinski definition) is 2. The predicted octanol–water partition coefficient (Wildman–Crippen LogP) is 0.691. The number of amides is 1. The van der Waals surface area contributed by atoms with E-state index in [0.717, 1.165) is 11.3 Å². The summed E-state index contributed by atoms with van der Waals surface area (Å²) in [6, 6.07) is 9.40. The minimum Gasteiger partial charge on any atom is -0.354 e. The van der Waals surface area contributed by atoms with Crippen molar-refractivity contribution in [1.29, 1.82) is 0 Å². The third-order valence-electron chi connectivity index (χ3n) is 2.46. The summed E-state index contributed by atoms with van der Waals surface area (Å²) in [6.07, 6.45) is 1.75. The molecule has 0 bridgehead atoms. The molecule has 2 rings (SSSR count). The van der Waals surface area contributed by atoms with E-state index in [0.29, 0.717) is 12.2 Å². The molecule has 0 aliphatic heterocycles. The molecule has 0 aliphatic rings. The van der Waals surface area contributed by atoms with Crippen molar-refractivity contribution in [2.24, 2.45) is 5.73 Å². The average Bonchev–Trinajstić information content (AvgIpc) is 2.87. The molecule has 0 saturated heterocycles. The van der Waals surface area contributed by atoms with E-state index in [1.807, 2.05) is 24.3 Å². The standard InChI is InChI=1S/C12H14N4O/c1-14-12(17)11-5-6-16(15-11)10-4-2-3-9(7-10)8-13/h2-7H,8,13H2,1H3,(H,14,17). The molecular weight excluding hydrogens is 216 g/mol. The van der Waals surface area contributed by atoms with Crippen LogP contribution in [0.25, 0.3) is 5.69 Å². The quantitative estimate of drug-likeness (QED) is 0.814. The van der Waals surface area contributed by atoms with Gasteiger partial charge in [-0.05, 0) is 23.8 Å². The van der Waals surface area contributed by atoms with Crippen molar-refractivity contribution in [3.05, 3.63) is 47.8 Å². The van der Waals surface area contributed by atoms with Gasteiger partial charge in [-0.2, -0.15) is 5.10 Å². The Morgan fingerprint density at radius 1 is 1.47 bits per heavy atom. The molecule has 0 unspecified atom stereocenters. The number of benzene rings is 1. The fraction of sp³-hybridized carbons (Fsp3) is 0.167. The van der Waals surface area contributed by atoms with Crippen molar-refractivity contribution in [2.75, 3.05) is 7.05 Å². The van der Waals surface area contributed by atoms with E-state index in [2.05, 4.69) is 10.4 Å². The maximum absolute atomic E-state index is 11.4. The number of nitrogens with two attached hydrogens (primary N) is 1. The molecule has 1 amide bonds. The smallest absolute Gasteiger partial charge is 0.271 e. The van der Waals surface area contributed by atoms with Crippen LogP contribution in [0.4, 0.5) is 0 Å². The van der Waals surface area contributed by atoms with E-state index in [9.17, 15) is 4.79 Å². The third kappa shape index (κ3) is 2.34. The first kappa shape index (κ1) is 11.3. The van der Waals surface area contributed by atoms with Crippen LogP contribution >= 0.6 is 0 Å². The van der Waals surface area contributed by atoms with E-state index in [4.69, 9.17) is 5.73 Å². The lowest BCUT2D eigenvalue weighted by atomic mass is 10.2. The molecule has 5 heteroatoms. The van der Waals surface area contributed by atoms with Gasteiger partial charge in [0.15, 0.2) is 5.69 Å². The van der Waals surface area contributed by atoms with Crippen molar-refractivity contribution in [3.63, 3.8) is 0 Å². The van der Waals surface area contributed by atoms with Crippen LogP contribution in [0.5, 0.6) is 0 Å². The summed E-state index contributed by atoms with van der Waals surface area (Å²) in [5.74, 6) is -0.196. The zero-order chi connectivity index (χ0) is 12.3. The highest BCUT2D eigenvalue weighted by Crippen LogP contribution is 2.10. The number of carbonyl (C=O) groups is 1. The number of rotatable bonds is 3. The van der Waals surface area contributed by atoms with Gasteiger partial charge in [0, 0.05) is 19.8 Å². The minimum atomic E-state index is -0.196. The third-order valence-corrected chi connectivity index (χ3v) is 2.46. The number of nitrogens with one attached hydrogen (secondary N) is 1. The van der Waals surface area contributed by atoms with Crippen molar-refractivity contribution in [2.45, 2.75) is 6.54 Å². The predicted molar refractivity (Wildman–Crippen MR) is 64.8 cm³/mol. The van der Waals surface area contributed by atoms with Crippen LogP contribution in [-0.2, 0) is 6.54 Å². The summed E-state index contributed by atoms with van der Waals surface area (Å²) in [7, 11) is 1.58. The first-order valence-electron chi connectivity index (χ1n) is 5.31. The largest absolute Gasteiger partial charge is 0.354 e. The summed E-state index contributed by atoms with van der Waals surface area (Å²) in [6.45, 7) is 0.484. The van der Waals surface area contributed by atoms with Gasteiger partial charge in [0.25, 0.3) is 5.91 Å². The lowest BCUT2D eigenvalue weighted by Crippen LogP contribution is -2.18. The van der Waals surface area contributed by atoms with Crippen LogP contribution in [0.15, 0.2) is 36.5 Å². The summed E-state index contributed by atoms with van der Waals surface area (Å²) in [5.41, 5.74) is 7.89. The van der Waals surface area contributed by atoms with E-state index in [-0.39, 0.29) is 5.91 Å². The number of hydrogen-bond acceptors (Lipinski definition) is 3. The molecule has 0 radical (unpaired) electrons. The van der Waals surface area contributed by atoms with E-state index in [1.165, 1.54) is 0 Å².